The van der Waals surface area contributed by atoms with Crippen LogP contribution in [0.25, 0.3) is 0 Å². The monoisotopic (exact) mass is 2340 g/mol. The Kier molecular flexibility index (Phi) is 65.1. The second kappa shape index (κ2) is 70.6. The van der Waals surface area contributed by atoms with Crippen LogP contribution in [0.2, 0.25) is 0 Å². The minimum Gasteiger partial charge on any atom is -0.870 e. The van der Waals surface area contributed by atoms with E-state index in [1.54, 1.807) is 130 Å². The molecule has 1 amide bonds. The van der Waals surface area contributed by atoms with E-state index < -0.39 is 57.6 Å². The number of alkyl halides is 1. The molecule has 11 aromatic carbocycles. The van der Waals surface area contributed by atoms with E-state index in [1.807, 2.05) is 85.8 Å². The molecule has 0 spiro atoms. The Hall–Kier alpha value is -11.1. The van der Waals surface area contributed by atoms with Gasteiger partial charge in [0.1, 0.15) is 5.34 Å². The molecule has 0 saturated carbocycles. The molecule has 38 nitrogen and oxygen atoms in total. The maximum Gasteiger partial charge on any atom is 1.00 e. The van der Waals surface area contributed by atoms with Crippen LogP contribution in [0.1, 0.15) is 162 Å². The number of halogens is 3. The minimum atomic E-state index is -1.05. The van der Waals surface area contributed by atoms with Crippen LogP contribution in [0.3, 0.4) is 0 Å². The molecule has 0 bridgehead atoms. The molecule has 48 heteroatoms. The number of esters is 7. The van der Waals surface area contributed by atoms with Gasteiger partial charge in [0.05, 0.1) is 136 Å². The van der Waals surface area contributed by atoms with Crippen molar-refractivity contribution in [1.29, 1.82) is 0 Å². The number of aliphatic hydroxyl groups excluding tert-OH is 1. The maximum absolute atomic E-state index is 12.2. The van der Waals surface area contributed by atoms with Gasteiger partial charge >= 0.3 is 130 Å². The number of carboxylic acid groups (broad SMARTS) is 3. The van der Waals surface area contributed by atoms with Crippen molar-refractivity contribution in [3.8, 4) is 0 Å². The van der Waals surface area contributed by atoms with Crippen molar-refractivity contribution in [2.75, 3.05) is 91.8 Å². The molecule has 758 valence electrons. The second-order valence-electron chi connectivity index (χ2n) is 27.5. The second-order valence-corrected chi connectivity index (χ2v) is 33.9. The third-order valence-electron chi connectivity index (χ3n) is 18.2. The summed E-state index contributed by atoms with van der Waals surface area (Å²) in [7, 11) is 10.1. The summed E-state index contributed by atoms with van der Waals surface area (Å²) in [6.07, 6.45) is 2.56. The SMILES string of the molecule is C1CCOC1.CO.COC(=O)c1cc(C)c(Br)c([N+](=O)[O-])c1.COC(=O)c1cc(C)c(Sc2ccccc2C(=O)OC)c(N)c1.COC(=O)c1cc(C)c(Sc2ccccc2C(=O)OC)c([N+](=O)[O-])c1.COC(=O)c1ccc(Br)c(C)c1.COC(=O)c1ccccc1S.Cc1cc(C(=O)O)cc(N)c1Sc1ccccc1C(=O)O.Cc1cc(C(=O)O)cc2c1Sc1ccccc1C(=O)N2.O.O=NO[O-].[2H]CI.[K+].[Li+].[OH-]. The van der Waals surface area contributed by atoms with Crippen molar-refractivity contribution in [3.05, 3.63) is 329 Å². The first-order valence-electron chi connectivity index (χ1n) is 40.6. The molecular weight excluding hydrogens is 2240 g/mol. The Balaban J connectivity index is 0. The number of anilines is 3. The zero-order chi connectivity index (χ0) is 106. The zero-order valence-electron chi connectivity index (χ0n) is 81.1. The number of methoxy groups -OCH3 is 7. The summed E-state index contributed by atoms with van der Waals surface area (Å²) in [6, 6.07) is 54.8. The standard InChI is InChI=1S/C17H15NO6S.C17H17NO4S.C15H13NO4S.C15H11NO3S.C9H8BrNO4.C9H9BrO2.C8H8O2S.C4H8O.CH3I.CH4O.K.Li.HNO3.2H2O/c1-10-8-11(16(19)23-2)9-13(18(21)22)15(10)25-14-7-5-4-6-12(14)17(20)24-3;1-10-8-11(16(19)21-2)9-13(18)15(10)23-14-7-5-4-6-12(14)17(20)22-3;1-8-6-9(14(17)18)7-11(16)13(8)21-12-5-3-2-4-10(12)15(19)20;1-8-6-9(15(18)19)7-11-13(8)20-12-5-3-2-4-10(12)14(17)16-11;1-5-3-6(9(12)15-2)4-7(8(5)10)11(13)14;1-6-5-7(9(11)12-2)3-4-8(6)10;1-10-8(9)6-4-2-3-5-7(6)11;1-2-4-5-3-1;2*1-2;;;2-1-4-3;;/h4-9H,1-3H3;4-9H,18H2,1-3H3;2-7H,16H2,1H3,(H,17,18)(H,19,20);2-7H,1H3,(H,16,17)(H,18,19);3-4H,1-2H3;3-5H,1-2H3;2-5,11H,1H3;1-4H2;1H3;2H,1H3;;;3H;2*1H2/q;;;;;;;;;;2*+1;;;/p-2/i;;;;;;;;1D;;;;;;. The Morgan fingerprint density at radius 1 is 0.486 bits per heavy atom. The fourth-order valence-corrected chi connectivity index (χ4v) is 16.8. The van der Waals surface area contributed by atoms with E-state index in [2.05, 4.69) is 73.7 Å². The number of hydrogen-bond donors (Lipinski definition) is 8. The van der Waals surface area contributed by atoms with Crippen molar-refractivity contribution in [1.82, 2.24) is 0 Å². The van der Waals surface area contributed by atoms with Crippen molar-refractivity contribution >= 4 is 208 Å². The number of fused-ring (bicyclic) bond motifs is 2. The van der Waals surface area contributed by atoms with E-state index in [-0.39, 0.29) is 138 Å². The summed E-state index contributed by atoms with van der Waals surface area (Å²) in [5.74, 6) is -6.56. The van der Waals surface area contributed by atoms with Crippen LogP contribution in [0.15, 0.2) is 259 Å². The van der Waals surface area contributed by atoms with Crippen LogP contribution in [0, 0.1) is 66.7 Å². The number of rotatable bonds is 19. The average Bonchev–Trinajstić information content (AvgIpc) is 1.74. The predicted molar refractivity (Wildman–Crippen MR) is 549 cm³/mol. The molecule has 144 heavy (non-hydrogen) atoms. The molecule has 1 saturated heterocycles. The number of carboxylic acids is 3. The average molecular weight is 2340 g/mol. The van der Waals surface area contributed by atoms with Gasteiger partial charge in [-0.1, -0.05) is 146 Å². The quantitative estimate of drug-likeness (QED) is 0.00318. The first-order chi connectivity index (χ1) is 67.0. The van der Waals surface area contributed by atoms with Gasteiger partial charge in [0.2, 0.25) is 0 Å². The van der Waals surface area contributed by atoms with Crippen molar-refractivity contribution < 1.29 is 214 Å². The number of benzene rings is 11. The molecule has 0 aromatic heterocycles. The topological polar surface area (TPSA) is 616 Å². The summed E-state index contributed by atoms with van der Waals surface area (Å²) in [4.78, 5) is 164. The van der Waals surface area contributed by atoms with Gasteiger partial charge in [-0.25, -0.2) is 47.9 Å². The molecule has 0 atom stereocenters. The van der Waals surface area contributed by atoms with Crippen LogP contribution in [-0.4, -0.2) is 182 Å². The maximum atomic E-state index is 12.2. The molecule has 2 aliphatic rings. The number of nitrogen functional groups attached to an aromatic ring is 2. The van der Waals surface area contributed by atoms with Crippen LogP contribution in [-0.2, 0) is 42.9 Å². The summed E-state index contributed by atoms with van der Waals surface area (Å²) in [6.45, 7) is 12.7. The smallest absolute Gasteiger partial charge is 0.870 e. The summed E-state index contributed by atoms with van der Waals surface area (Å²) in [5, 5.41) is 68.9. The van der Waals surface area contributed by atoms with Crippen LogP contribution in [0.5, 0.6) is 0 Å². The number of ether oxygens (including phenoxy) is 8. The van der Waals surface area contributed by atoms with Crippen molar-refractivity contribution in [2.24, 2.45) is 5.34 Å². The fraction of sp³-hybridized carbons (Fsp3) is 0.198. The molecule has 0 aliphatic carbocycles. The third kappa shape index (κ3) is 42.1. The Morgan fingerprint density at radius 2 is 0.826 bits per heavy atom. The molecular formula is C96H99Br2IKLiN6O32S5. The van der Waals surface area contributed by atoms with Crippen molar-refractivity contribution in [3.63, 3.8) is 0 Å². The van der Waals surface area contributed by atoms with Crippen molar-refractivity contribution in [2.45, 2.75) is 98.4 Å². The number of nitrogens with two attached hydrogens (primary N) is 2. The number of nitrogens with one attached hydrogen (secondary N) is 1. The Labute approximate surface area is 936 Å². The van der Waals surface area contributed by atoms with E-state index in [4.69, 9.17) is 57.3 Å². The number of hydrogen-bond acceptors (Lipinski definition) is 36. The number of aryl methyl sites for hydroxylation is 6. The molecule has 0 radical (unpaired) electrons. The number of aromatic carboxylic acids is 3. The first kappa shape index (κ1) is 133. The van der Waals surface area contributed by atoms with Gasteiger partial charge in [-0.05, 0) is 236 Å². The molecule has 1 fully saturated rings. The third-order valence-corrected chi connectivity index (χ3v) is 25.8. The molecule has 11 aromatic rings. The van der Waals surface area contributed by atoms with E-state index in [0.717, 1.165) is 72.8 Å². The number of aliphatic hydroxyl groups is 1. The Morgan fingerprint density at radius 3 is 1.23 bits per heavy atom. The van der Waals surface area contributed by atoms with E-state index in [1.165, 1.54) is 152 Å². The number of thiol groups is 1. The zero-order valence-corrected chi connectivity index (χ0v) is 92.8. The molecule has 13 rings (SSSR count). The predicted octanol–water partition coefficient (Wildman–Crippen LogP) is 13.6. The molecule has 0 unspecified atom stereocenters. The van der Waals surface area contributed by atoms with E-state index in [0.29, 0.717) is 101 Å². The minimum absolute atomic E-state index is 0. The van der Waals surface area contributed by atoms with Gasteiger partial charge in [-0.15, -0.1) is 17.5 Å². The number of nitrogens with zero attached hydrogens (tertiary/aromatic N) is 3. The van der Waals surface area contributed by atoms with Crippen LogP contribution in [0.4, 0.5) is 28.4 Å². The van der Waals surface area contributed by atoms with Crippen LogP contribution >= 0.6 is 114 Å². The normalized spacial score (nSPS) is 10.4. The molecule has 12 N–H and O–H groups in total. The van der Waals surface area contributed by atoms with E-state index >= 15 is 0 Å². The first-order valence-corrected chi connectivity index (χ1v) is 46.7. The van der Waals surface area contributed by atoms with Gasteiger partial charge in [0, 0.05) is 88.8 Å². The van der Waals surface area contributed by atoms with Gasteiger partial charge in [0.25, 0.3) is 17.3 Å². The number of carbonyl (C=O) groups is 11. The van der Waals surface area contributed by atoms with E-state index in [9.17, 15) is 78.1 Å². The van der Waals surface area contributed by atoms with Gasteiger partial charge in [0.15, 0.2) is 0 Å². The molecule has 2 heterocycles. The summed E-state index contributed by atoms with van der Waals surface area (Å²) < 4.78 is 45.0. The fourth-order valence-electron chi connectivity index (χ4n) is 11.7. The van der Waals surface area contributed by atoms with Gasteiger partial charge < -0.3 is 96.3 Å². The number of carbonyl (C=O) groups excluding carboxylic acids is 8. The molecule has 2 aliphatic heterocycles. The number of nitro groups is 2. The van der Waals surface area contributed by atoms with Gasteiger partial charge in [-0.3, -0.25) is 25.0 Å². The van der Waals surface area contributed by atoms with Gasteiger partial charge in [-0.2, -0.15) is 0 Å². The van der Waals surface area contributed by atoms with Crippen LogP contribution < -0.4 is 92.3 Å². The number of amides is 1. The Bertz CT molecular complexity index is 6270. The largest absolute Gasteiger partial charge is 1.00 e. The summed E-state index contributed by atoms with van der Waals surface area (Å²) >= 11 is 17.6. The summed E-state index contributed by atoms with van der Waals surface area (Å²) in [5.41, 5.74) is 21.0. The number of nitro benzene ring substituents is 2.